The van der Waals surface area contributed by atoms with Gasteiger partial charge in [-0.05, 0) is 19.8 Å². The van der Waals surface area contributed by atoms with Gasteiger partial charge in [-0.2, -0.15) is 9.40 Å². The first-order valence-corrected chi connectivity index (χ1v) is 7.22. The summed E-state index contributed by atoms with van der Waals surface area (Å²) >= 11 is 0. The van der Waals surface area contributed by atoms with Crippen LogP contribution in [0, 0.1) is 0 Å². The van der Waals surface area contributed by atoms with E-state index >= 15 is 0 Å². The molecule has 1 fully saturated rings. The summed E-state index contributed by atoms with van der Waals surface area (Å²) in [5.74, 6) is -0.677. The van der Waals surface area contributed by atoms with E-state index in [4.69, 9.17) is 4.74 Å². The van der Waals surface area contributed by atoms with E-state index in [1.54, 1.807) is 6.92 Å². The van der Waals surface area contributed by atoms with E-state index in [-0.39, 0.29) is 17.2 Å². The Balaban J connectivity index is 2.33. The molecule has 1 aromatic heterocycles. The number of aromatic nitrogens is 2. The molecule has 1 aromatic rings. The molecule has 0 unspecified atom stereocenters. The van der Waals surface area contributed by atoms with Gasteiger partial charge >= 0.3 is 5.97 Å². The third-order valence-corrected chi connectivity index (χ3v) is 4.63. The van der Waals surface area contributed by atoms with Gasteiger partial charge in [0.05, 0.1) is 12.8 Å². The second kappa shape index (κ2) is 5.07. The molecule has 0 aliphatic carbocycles. The van der Waals surface area contributed by atoms with E-state index in [0.29, 0.717) is 13.1 Å². The zero-order chi connectivity index (χ0) is 13.2. The van der Waals surface area contributed by atoms with E-state index in [1.165, 1.54) is 10.5 Å². The van der Waals surface area contributed by atoms with Crippen molar-refractivity contribution < 1.29 is 17.9 Å². The van der Waals surface area contributed by atoms with E-state index < -0.39 is 16.0 Å². The maximum Gasteiger partial charge on any atom is 0.342 e. The third-order valence-electron chi connectivity index (χ3n) is 2.76. The van der Waals surface area contributed by atoms with Gasteiger partial charge in [-0.1, -0.05) is 0 Å². The zero-order valence-corrected chi connectivity index (χ0v) is 10.9. The van der Waals surface area contributed by atoms with Crippen molar-refractivity contribution in [1.29, 1.82) is 0 Å². The van der Waals surface area contributed by atoms with Crippen LogP contribution in [-0.2, 0) is 14.8 Å². The van der Waals surface area contributed by atoms with E-state index in [9.17, 15) is 13.2 Å². The van der Waals surface area contributed by atoms with Crippen molar-refractivity contribution in [1.82, 2.24) is 14.5 Å². The fourth-order valence-corrected chi connectivity index (χ4v) is 3.46. The van der Waals surface area contributed by atoms with Crippen molar-refractivity contribution in [3.05, 3.63) is 11.8 Å². The fraction of sp³-hybridized carbons (Fsp3) is 0.600. The van der Waals surface area contributed by atoms with Crippen molar-refractivity contribution in [3.8, 4) is 0 Å². The fourth-order valence-electron chi connectivity index (χ4n) is 1.88. The average molecular weight is 273 g/mol. The van der Waals surface area contributed by atoms with Gasteiger partial charge in [-0.25, -0.2) is 13.2 Å². The standard InChI is InChI=1S/C10H15N3O4S/c1-2-17-10(14)8-7-11-12-9(8)18(15,16)13-5-3-4-6-13/h7H,2-6H2,1H3,(H,11,12). The first kappa shape index (κ1) is 13.0. The molecule has 0 spiro atoms. The molecule has 2 rings (SSSR count). The molecule has 7 nitrogen and oxygen atoms in total. The lowest BCUT2D eigenvalue weighted by atomic mass is 10.4. The number of carbonyl (C=O) groups excluding carboxylic acids is 1. The monoisotopic (exact) mass is 273 g/mol. The summed E-state index contributed by atoms with van der Waals surface area (Å²) in [6.45, 7) is 2.80. The number of esters is 1. The zero-order valence-electron chi connectivity index (χ0n) is 10.0. The highest BCUT2D eigenvalue weighted by atomic mass is 32.2. The molecule has 1 N–H and O–H groups in total. The topological polar surface area (TPSA) is 92.4 Å². The molecular weight excluding hydrogens is 258 g/mol. The summed E-state index contributed by atoms with van der Waals surface area (Å²) in [7, 11) is -3.67. The van der Waals surface area contributed by atoms with E-state index in [1.807, 2.05) is 0 Å². The Bertz CT molecular complexity index is 531. The highest BCUT2D eigenvalue weighted by Gasteiger charge is 2.33. The minimum Gasteiger partial charge on any atom is -0.462 e. The SMILES string of the molecule is CCOC(=O)c1cn[nH]c1S(=O)(=O)N1CCCC1. The summed E-state index contributed by atoms with van der Waals surface area (Å²) in [4.78, 5) is 11.6. The molecular formula is C10H15N3O4S. The molecule has 0 radical (unpaired) electrons. The lowest BCUT2D eigenvalue weighted by molar-refractivity contribution is 0.0521. The number of hydrogen-bond acceptors (Lipinski definition) is 5. The van der Waals surface area contributed by atoms with Crippen LogP contribution in [0.15, 0.2) is 11.2 Å². The van der Waals surface area contributed by atoms with Gasteiger partial charge in [0.15, 0.2) is 5.03 Å². The number of sulfonamides is 1. The molecule has 18 heavy (non-hydrogen) atoms. The molecule has 100 valence electrons. The Morgan fingerprint density at radius 3 is 2.78 bits per heavy atom. The minimum atomic E-state index is -3.67. The Labute approximate surface area is 105 Å². The number of H-pyrrole nitrogens is 1. The summed E-state index contributed by atoms with van der Waals surface area (Å²) in [5, 5.41) is 5.84. The van der Waals surface area contributed by atoms with Gasteiger partial charge in [-0.3, -0.25) is 5.10 Å². The predicted molar refractivity (Wildman–Crippen MR) is 62.5 cm³/mol. The third kappa shape index (κ3) is 2.25. The molecule has 1 aliphatic heterocycles. The molecule has 0 saturated carbocycles. The van der Waals surface area contributed by atoms with Gasteiger partial charge in [-0.15, -0.1) is 0 Å². The van der Waals surface area contributed by atoms with Gasteiger partial charge in [0, 0.05) is 13.1 Å². The van der Waals surface area contributed by atoms with Crippen LogP contribution >= 0.6 is 0 Å². The van der Waals surface area contributed by atoms with Gasteiger partial charge in [0.25, 0.3) is 10.0 Å². The number of carbonyl (C=O) groups is 1. The highest BCUT2D eigenvalue weighted by molar-refractivity contribution is 7.89. The first-order valence-electron chi connectivity index (χ1n) is 5.78. The van der Waals surface area contributed by atoms with Crippen LogP contribution in [0.1, 0.15) is 30.1 Å². The number of rotatable bonds is 4. The molecule has 2 heterocycles. The predicted octanol–water partition coefficient (Wildman–Crippen LogP) is 0.371. The van der Waals surface area contributed by atoms with Crippen molar-refractivity contribution >= 4 is 16.0 Å². The van der Waals surface area contributed by atoms with Gasteiger partial charge < -0.3 is 4.74 Å². The van der Waals surface area contributed by atoms with Crippen LogP contribution in [0.3, 0.4) is 0 Å². The number of aromatic amines is 1. The Morgan fingerprint density at radius 1 is 1.50 bits per heavy atom. The summed E-state index contributed by atoms with van der Waals surface area (Å²) in [6, 6.07) is 0. The first-order chi connectivity index (χ1) is 8.57. The Hall–Kier alpha value is -1.41. The maximum absolute atomic E-state index is 12.3. The Morgan fingerprint density at radius 2 is 2.17 bits per heavy atom. The largest absolute Gasteiger partial charge is 0.462 e. The van der Waals surface area contributed by atoms with Crippen LogP contribution < -0.4 is 0 Å². The normalized spacial score (nSPS) is 16.9. The molecule has 0 bridgehead atoms. The van der Waals surface area contributed by atoms with Crippen molar-refractivity contribution in [2.24, 2.45) is 0 Å². The number of ether oxygens (including phenoxy) is 1. The lowest BCUT2D eigenvalue weighted by Crippen LogP contribution is -2.29. The van der Waals surface area contributed by atoms with E-state index in [0.717, 1.165) is 12.8 Å². The molecule has 0 aromatic carbocycles. The molecule has 8 heteroatoms. The number of nitrogens with zero attached hydrogens (tertiary/aromatic N) is 2. The van der Waals surface area contributed by atoms with Crippen LogP contribution in [0.25, 0.3) is 0 Å². The molecule has 1 saturated heterocycles. The quantitative estimate of drug-likeness (QED) is 0.800. The summed E-state index contributed by atoms with van der Waals surface area (Å²) < 4.78 is 30.7. The van der Waals surface area contributed by atoms with Crippen LogP contribution in [0.5, 0.6) is 0 Å². The summed E-state index contributed by atoms with van der Waals surface area (Å²) in [5.41, 5.74) is -0.0382. The smallest absolute Gasteiger partial charge is 0.342 e. The number of hydrogen-bond donors (Lipinski definition) is 1. The number of nitrogens with one attached hydrogen (secondary N) is 1. The van der Waals surface area contributed by atoms with E-state index in [2.05, 4.69) is 10.2 Å². The van der Waals surface area contributed by atoms with Crippen LogP contribution in [0.2, 0.25) is 0 Å². The molecule has 0 amide bonds. The average Bonchev–Trinajstić information content (AvgIpc) is 3.01. The van der Waals surface area contributed by atoms with Crippen LogP contribution in [0.4, 0.5) is 0 Å². The highest BCUT2D eigenvalue weighted by Crippen LogP contribution is 2.22. The van der Waals surface area contributed by atoms with Crippen molar-refractivity contribution in [3.63, 3.8) is 0 Å². The van der Waals surface area contributed by atoms with Gasteiger partial charge in [0.1, 0.15) is 5.56 Å². The second-order valence-corrected chi connectivity index (χ2v) is 5.82. The summed E-state index contributed by atoms with van der Waals surface area (Å²) in [6.07, 6.45) is 2.85. The van der Waals surface area contributed by atoms with Crippen LogP contribution in [-0.4, -0.2) is 48.6 Å². The molecule has 1 aliphatic rings. The van der Waals surface area contributed by atoms with Gasteiger partial charge in [0.2, 0.25) is 0 Å². The lowest BCUT2D eigenvalue weighted by Gasteiger charge is -2.14. The van der Waals surface area contributed by atoms with Crippen molar-refractivity contribution in [2.45, 2.75) is 24.8 Å². The maximum atomic E-state index is 12.3. The minimum absolute atomic E-state index is 0.0382. The molecule has 0 atom stereocenters. The van der Waals surface area contributed by atoms with Crippen molar-refractivity contribution in [2.75, 3.05) is 19.7 Å². The second-order valence-electron chi connectivity index (χ2n) is 3.94. The Kier molecular flexibility index (Phi) is 3.67.